The van der Waals surface area contributed by atoms with E-state index in [2.05, 4.69) is 9.92 Å². The van der Waals surface area contributed by atoms with E-state index < -0.39 is 16.2 Å². The number of rotatable bonds is 6. The first-order valence-corrected chi connectivity index (χ1v) is 5.77. The lowest BCUT2D eigenvalue weighted by atomic mass is 10.2. The second-order valence-electron chi connectivity index (χ2n) is 2.72. The summed E-state index contributed by atoms with van der Waals surface area (Å²) in [6.45, 7) is 2.02. The quantitative estimate of drug-likeness (QED) is 0.522. The predicted molar refractivity (Wildman–Crippen MR) is 48.6 cm³/mol. The van der Waals surface area contributed by atoms with Gasteiger partial charge in [0, 0.05) is 0 Å². The van der Waals surface area contributed by atoms with Crippen molar-refractivity contribution in [1.29, 1.82) is 0 Å². The van der Waals surface area contributed by atoms with Gasteiger partial charge in [-0.1, -0.05) is 26.2 Å². The summed E-state index contributed by atoms with van der Waals surface area (Å²) < 4.78 is 25.7. The van der Waals surface area contributed by atoms with E-state index in [1.165, 1.54) is 0 Å². The molecule has 0 atom stereocenters. The second-order valence-corrected chi connectivity index (χ2v) is 4.42. The molecule has 2 N–H and O–H groups in total. The van der Waals surface area contributed by atoms with Gasteiger partial charge >= 0.3 is 16.2 Å². The molecule has 0 aliphatic carbocycles. The highest BCUT2D eigenvalue weighted by Crippen LogP contribution is 2.03. The molecule has 0 rings (SSSR count). The van der Waals surface area contributed by atoms with Crippen molar-refractivity contribution in [2.24, 2.45) is 5.73 Å². The third-order valence-corrected chi connectivity index (χ3v) is 2.66. The normalized spacial score (nSPS) is 11.2. The summed E-state index contributed by atoms with van der Waals surface area (Å²) in [7, 11) is -3.74. The third kappa shape index (κ3) is 7.58. The molecule has 1 amide bonds. The molecule has 78 valence electrons. The summed E-state index contributed by atoms with van der Waals surface area (Å²) in [5, 5.41) is 0. The minimum absolute atomic E-state index is 0.143. The van der Waals surface area contributed by atoms with Crippen LogP contribution in [0.1, 0.15) is 32.6 Å². The van der Waals surface area contributed by atoms with Gasteiger partial charge in [0.05, 0.1) is 5.75 Å². The minimum atomic E-state index is -3.74. The zero-order chi connectivity index (χ0) is 10.3. The van der Waals surface area contributed by atoms with E-state index in [9.17, 15) is 13.2 Å². The Hall–Kier alpha value is -0.780. The topological polar surface area (TPSA) is 86.5 Å². The maximum absolute atomic E-state index is 10.9. The monoisotopic (exact) mass is 209 g/mol. The van der Waals surface area contributed by atoms with Crippen LogP contribution in [0.2, 0.25) is 0 Å². The average molecular weight is 209 g/mol. The summed E-state index contributed by atoms with van der Waals surface area (Å²) in [5.41, 5.74) is 4.57. The highest BCUT2D eigenvalue weighted by Gasteiger charge is 2.13. The van der Waals surface area contributed by atoms with E-state index in [0.717, 1.165) is 19.3 Å². The zero-order valence-corrected chi connectivity index (χ0v) is 8.47. The number of amides is 1. The molecule has 0 aromatic heterocycles. The van der Waals surface area contributed by atoms with Crippen LogP contribution in [-0.4, -0.2) is 20.3 Å². The molecule has 0 aromatic rings. The van der Waals surface area contributed by atoms with E-state index in [4.69, 9.17) is 0 Å². The van der Waals surface area contributed by atoms with Crippen molar-refractivity contribution in [1.82, 2.24) is 0 Å². The summed E-state index contributed by atoms with van der Waals surface area (Å²) in [6, 6.07) is 0. The van der Waals surface area contributed by atoms with Crippen LogP contribution in [0.15, 0.2) is 0 Å². The molecule has 0 radical (unpaired) electrons. The molecule has 6 heteroatoms. The molecule has 0 unspecified atom stereocenters. The van der Waals surface area contributed by atoms with E-state index >= 15 is 0 Å². The summed E-state index contributed by atoms with van der Waals surface area (Å²) in [6.07, 6.45) is 2.06. The SMILES string of the molecule is CCCCCCS(=O)(=O)OC(N)=O. The number of hydrogen-bond donors (Lipinski definition) is 1. The van der Waals surface area contributed by atoms with Crippen molar-refractivity contribution in [2.75, 3.05) is 5.75 Å². The molecule has 0 saturated carbocycles. The first kappa shape index (κ1) is 12.2. The lowest BCUT2D eigenvalue weighted by molar-refractivity contribution is 0.212. The largest absolute Gasteiger partial charge is 0.420 e. The van der Waals surface area contributed by atoms with Gasteiger partial charge in [-0.25, -0.2) is 4.79 Å². The van der Waals surface area contributed by atoms with Gasteiger partial charge in [-0.2, -0.15) is 8.42 Å². The number of primary amides is 1. The van der Waals surface area contributed by atoms with Crippen LogP contribution in [0, 0.1) is 0 Å². The molecule has 0 fully saturated rings. The zero-order valence-electron chi connectivity index (χ0n) is 7.65. The Labute approximate surface area is 78.4 Å². The lowest BCUT2D eigenvalue weighted by Gasteiger charge is -2.01. The Morgan fingerprint density at radius 3 is 2.38 bits per heavy atom. The van der Waals surface area contributed by atoms with E-state index in [0.29, 0.717) is 6.42 Å². The lowest BCUT2D eigenvalue weighted by Crippen LogP contribution is -2.20. The number of hydrogen-bond acceptors (Lipinski definition) is 4. The molecule has 0 aliphatic heterocycles. The molecular weight excluding hydrogens is 194 g/mol. The van der Waals surface area contributed by atoms with Crippen LogP contribution in [0.5, 0.6) is 0 Å². The smallest absolute Gasteiger partial charge is 0.334 e. The van der Waals surface area contributed by atoms with Crippen molar-refractivity contribution in [3.8, 4) is 0 Å². The van der Waals surface area contributed by atoms with Crippen molar-refractivity contribution < 1.29 is 17.4 Å². The van der Waals surface area contributed by atoms with Gasteiger partial charge in [-0.3, -0.25) is 0 Å². The number of carbonyl (C=O) groups excluding carboxylic acids is 1. The van der Waals surface area contributed by atoms with Crippen LogP contribution in [-0.2, 0) is 14.3 Å². The molecule has 13 heavy (non-hydrogen) atoms. The highest BCUT2D eigenvalue weighted by atomic mass is 32.2. The average Bonchev–Trinajstić information content (AvgIpc) is 1.95. The highest BCUT2D eigenvalue weighted by molar-refractivity contribution is 7.87. The maximum Gasteiger partial charge on any atom is 0.420 e. The van der Waals surface area contributed by atoms with E-state index in [1.54, 1.807) is 0 Å². The van der Waals surface area contributed by atoms with Crippen LogP contribution >= 0.6 is 0 Å². The van der Waals surface area contributed by atoms with Gasteiger partial charge < -0.3 is 9.92 Å². The molecule has 0 bridgehead atoms. The fourth-order valence-corrected chi connectivity index (χ4v) is 1.76. The Balaban J connectivity index is 3.71. The minimum Gasteiger partial charge on any atom is -0.334 e. The Bertz CT molecular complexity index is 247. The van der Waals surface area contributed by atoms with Crippen molar-refractivity contribution in [3.05, 3.63) is 0 Å². The van der Waals surface area contributed by atoms with Crippen molar-refractivity contribution in [2.45, 2.75) is 32.6 Å². The molecule has 0 aromatic carbocycles. The van der Waals surface area contributed by atoms with Gasteiger partial charge in [-0.05, 0) is 6.42 Å². The van der Waals surface area contributed by atoms with Crippen LogP contribution in [0.25, 0.3) is 0 Å². The van der Waals surface area contributed by atoms with Crippen LogP contribution in [0.4, 0.5) is 4.79 Å². The first-order chi connectivity index (χ1) is 5.98. The fourth-order valence-electron chi connectivity index (χ4n) is 0.872. The summed E-state index contributed by atoms with van der Waals surface area (Å²) >= 11 is 0. The third-order valence-electron chi connectivity index (χ3n) is 1.46. The predicted octanol–water partition coefficient (Wildman–Crippen LogP) is 0.992. The summed E-state index contributed by atoms with van der Waals surface area (Å²) in [5.74, 6) is -0.143. The van der Waals surface area contributed by atoms with Crippen LogP contribution < -0.4 is 5.73 Å². The molecular formula is C7H15NO4S. The molecule has 5 nitrogen and oxygen atoms in total. The standard InChI is InChI=1S/C7H15NO4S/c1-2-3-4-5-6-13(10,11)12-7(8)9/h2-6H2,1H3,(H2,8,9). The van der Waals surface area contributed by atoms with E-state index in [-0.39, 0.29) is 5.75 Å². The van der Waals surface area contributed by atoms with Crippen LogP contribution in [0.3, 0.4) is 0 Å². The summed E-state index contributed by atoms with van der Waals surface area (Å²) in [4.78, 5) is 10.1. The van der Waals surface area contributed by atoms with Gasteiger partial charge in [-0.15, -0.1) is 0 Å². The van der Waals surface area contributed by atoms with Gasteiger partial charge in [0.15, 0.2) is 0 Å². The number of unbranched alkanes of at least 4 members (excludes halogenated alkanes) is 3. The Kier molecular flexibility index (Phi) is 5.45. The number of nitrogens with two attached hydrogens (primary N) is 1. The van der Waals surface area contributed by atoms with Gasteiger partial charge in [0.1, 0.15) is 0 Å². The Morgan fingerprint density at radius 1 is 1.31 bits per heavy atom. The first-order valence-electron chi connectivity index (χ1n) is 4.19. The maximum atomic E-state index is 10.9. The van der Waals surface area contributed by atoms with Gasteiger partial charge in [0.2, 0.25) is 0 Å². The fraction of sp³-hybridized carbons (Fsp3) is 0.857. The second kappa shape index (κ2) is 5.80. The number of carbonyl (C=O) groups is 1. The van der Waals surface area contributed by atoms with E-state index in [1.807, 2.05) is 6.92 Å². The van der Waals surface area contributed by atoms with Gasteiger partial charge in [0.25, 0.3) is 0 Å². The molecule has 0 heterocycles. The molecule has 0 aliphatic rings. The molecule has 0 spiro atoms. The Morgan fingerprint density at radius 2 is 1.92 bits per heavy atom. The molecule has 0 saturated heterocycles. The van der Waals surface area contributed by atoms with Crippen molar-refractivity contribution >= 4 is 16.2 Å². The van der Waals surface area contributed by atoms with Crippen molar-refractivity contribution in [3.63, 3.8) is 0 Å².